The smallest absolute Gasteiger partial charge is 0.122 e. The Bertz CT molecular complexity index is 442. The predicted molar refractivity (Wildman–Crippen MR) is 80.8 cm³/mol. The number of hydrogen-bond donors (Lipinski definition) is 1. The Morgan fingerprint density at radius 3 is 3.05 bits per heavy atom. The van der Waals surface area contributed by atoms with Crippen LogP contribution in [0, 0.1) is 6.92 Å². The first-order chi connectivity index (χ1) is 9.16. The van der Waals surface area contributed by atoms with E-state index in [0.717, 1.165) is 36.3 Å². The molecule has 2 N–H and O–H groups in total. The molecule has 19 heavy (non-hydrogen) atoms. The van der Waals surface area contributed by atoms with Crippen molar-refractivity contribution < 1.29 is 9.47 Å². The second-order valence-corrected chi connectivity index (χ2v) is 5.41. The van der Waals surface area contributed by atoms with Crippen molar-refractivity contribution in [2.24, 2.45) is 5.73 Å². The summed E-state index contributed by atoms with van der Waals surface area (Å²) in [5.41, 5.74) is 7.59. The molecule has 1 atom stereocenters. The monoisotopic (exact) mass is 279 g/mol. The molecule has 0 bridgehead atoms. The van der Waals surface area contributed by atoms with Gasteiger partial charge >= 0.3 is 0 Å². The molecular formula is C15H21NO2S. The molecule has 0 radical (unpaired) electrons. The van der Waals surface area contributed by atoms with Gasteiger partial charge in [0.15, 0.2) is 0 Å². The molecule has 0 amide bonds. The zero-order valence-corrected chi connectivity index (χ0v) is 12.2. The summed E-state index contributed by atoms with van der Waals surface area (Å²) < 4.78 is 11.4. The molecule has 104 valence electrons. The van der Waals surface area contributed by atoms with E-state index < -0.39 is 0 Å². The van der Waals surface area contributed by atoms with Crippen LogP contribution in [0.2, 0.25) is 0 Å². The van der Waals surface area contributed by atoms with Crippen LogP contribution < -0.4 is 10.5 Å². The molecule has 0 saturated carbocycles. The Labute approximate surface area is 120 Å². The summed E-state index contributed by atoms with van der Waals surface area (Å²) in [5, 5.41) is 0. The number of hydrogen-bond acceptors (Lipinski definition) is 3. The average molecular weight is 279 g/mol. The van der Waals surface area contributed by atoms with Crippen LogP contribution in [0.3, 0.4) is 0 Å². The highest BCUT2D eigenvalue weighted by Gasteiger charge is 2.14. The lowest BCUT2D eigenvalue weighted by atomic mass is 10.1. The van der Waals surface area contributed by atoms with Gasteiger partial charge in [-0.1, -0.05) is 24.4 Å². The molecule has 1 unspecified atom stereocenters. The van der Waals surface area contributed by atoms with Gasteiger partial charge in [-0.15, -0.1) is 0 Å². The van der Waals surface area contributed by atoms with E-state index in [0.29, 0.717) is 17.7 Å². The van der Waals surface area contributed by atoms with E-state index in [-0.39, 0.29) is 0 Å². The first kappa shape index (κ1) is 14.3. The van der Waals surface area contributed by atoms with Crippen molar-refractivity contribution in [3.63, 3.8) is 0 Å². The van der Waals surface area contributed by atoms with Crippen molar-refractivity contribution in [1.82, 2.24) is 0 Å². The second kappa shape index (κ2) is 6.87. The van der Waals surface area contributed by atoms with Crippen LogP contribution in [0.1, 0.15) is 36.8 Å². The minimum absolute atomic E-state index is 0.407. The molecule has 1 aliphatic heterocycles. The third kappa shape index (κ3) is 4.18. The van der Waals surface area contributed by atoms with Crippen LogP contribution in [-0.2, 0) is 4.74 Å². The van der Waals surface area contributed by atoms with Gasteiger partial charge < -0.3 is 15.2 Å². The Morgan fingerprint density at radius 2 is 2.37 bits per heavy atom. The fourth-order valence-electron chi connectivity index (χ4n) is 2.27. The summed E-state index contributed by atoms with van der Waals surface area (Å²) in [5.74, 6) is 0.873. The number of ether oxygens (including phenoxy) is 2. The molecule has 0 aliphatic carbocycles. The lowest BCUT2D eigenvalue weighted by Gasteiger charge is -2.12. The van der Waals surface area contributed by atoms with Gasteiger partial charge in [0.1, 0.15) is 10.7 Å². The number of thiocarbonyl (C=S) groups is 1. The van der Waals surface area contributed by atoms with Crippen LogP contribution in [-0.4, -0.2) is 24.3 Å². The predicted octanol–water partition coefficient (Wildman–Crippen LogP) is 2.97. The highest BCUT2D eigenvalue weighted by Crippen LogP contribution is 2.21. The van der Waals surface area contributed by atoms with Gasteiger partial charge in [-0.25, -0.2) is 0 Å². The van der Waals surface area contributed by atoms with Crippen LogP contribution in [0.25, 0.3) is 0 Å². The van der Waals surface area contributed by atoms with Crippen molar-refractivity contribution in [3.05, 3.63) is 29.3 Å². The molecule has 1 heterocycles. The topological polar surface area (TPSA) is 44.5 Å². The summed E-state index contributed by atoms with van der Waals surface area (Å²) >= 11 is 4.98. The summed E-state index contributed by atoms with van der Waals surface area (Å²) in [4.78, 5) is 0.407. The van der Waals surface area contributed by atoms with E-state index in [1.165, 1.54) is 12.8 Å². The van der Waals surface area contributed by atoms with Gasteiger partial charge in [-0.3, -0.25) is 0 Å². The molecule has 2 rings (SSSR count). The van der Waals surface area contributed by atoms with Crippen LogP contribution >= 0.6 is 12.2 Å². The average Bonchev–Trinajstić information content (AvgIpc) is 2.89. The summed E-state index contributed by atoms with van der Waals surface area (Å²) in [7, 11) is 0. The lowest BCUT2D eigenvalue weighted by molar-refractivity contribution is 0.0981. The molecule has 1 saturated heterocycles. The SMILES string of the molecule is Cc1ccc(C(N)=S)cc1OCCCC1CCCO1. The zero-order chi connectivity index (χ0) is 13.7. The van der Waals surface area contributed by atoms with Gasteiger partial charge in [-0.05, 0) is 44.2 Å². The quantitative estimate of drug-likeness (QED) is 0.642. The van der Waals surface area contributed by atoms with E-state index in [1.807, 2.05) is 25.1 Å². The molecule has 0 spiro atoms. The van der Waals surface area contributed by atoms with E-state index in [2.05, 4.69) is 0 Å². The normalized spacial score (nSPS) is 18.5. The molecular weight excluding hydrogens is 258 g/mol. The number of nitrogens with two attached hydrogens (primary N) is 1. The lowest BCUT2D eigenvalue weighted by Crippen LogP contribution is -2.11. The summed E-state index contributed by atoms with van der Waals surface area (Å²) in [6, 6.07) is 5.84. The highest BCUT2D eigenvalue weighted by atomic mass is 32.1. The third-order valence-corrected chi connectivity index (χ3v) is 3.66. The third-order valence-electron chi connectivity index (χ3n) is 3.42. The van der Waals surface area contributed by atoms with Gasteiger partial charge in [0.25, 0.3) is 0 Å². The largest absolute Gasteiger partial charge is 0.493 e. The maximum absolute atomic E-state index is 5.82. The van der Waals surface area contributed by atoms with E-state index in [1.54, 1.807) is 0 Å². The number of aryl methyl sites for hydroxylation is 1. The Morgan fingerprint density at radius 1 is 1.53 bits per heavy atom. The molecule has 4 heteroatoms. The van der Waals surface area contributed by atoms with E-state index in [9.17, 15) is 0 Å². The second-order valence-electron chi connectivity index (χ2n) is 4.97. The van der Waals surface area contributed by atoms with Gasteiger partial charge in [-0.2, -0.15) is 0 Å². The maximum Gasteiger partial charge on any atom is 0.122 e. The Hall–Kier alpha value is -1.13. The number of rotatable bonds is 6. The maximum atomic E-state index is 5.82. The van der Waals surface area contributed by atoms with Crippen molar-refractivity contribution in [1.29, 1.82) is 0 Å². The van der Waals surface area contributed by atoms with Crippen LogP contribution in [0.15, 0.2) is 18.2 Å². The van der Waals surface area contributed by atoms with E-state index >= 15 is 0 Å². The van der Waals surface area contributed by atoms with Crippen LogP contribution in [0.4, 0.5) is 0 Å². The standard InChI is InChI=1S/C15H21NO2S/c1-11-6-7-12(15(16)19)10-14(11)18-9-3-5-13-4-2-8-17-13/h6-7,10,13H,2-5,8-9H2,1H3,(H2,16,19). The molecule has 1 fully saturated rings. The van der Waals surface area contributed by atoms with Crippen molar-refractivity contribution >= 4 is 17.2 Å². The molecule has 1 aromatic rings. The summed E-state index contributed by atoms with van der Waals surface area (Å²) in [6.07, 6.45) is 4.92. The first-order valence-corrected chi connectivity index (χ1v) is 7.22. The van der Waals surface area contributed by atoms with Gasteiger partial charge in [0, 0.05) is 12.2 Å². The Kier molecular flexibility index (Phi) is 5.16. The van der Waals surface area contributed by atoms with Crippen molar-refractivity contribution in [3.8, 4) is 5.75 Å². The minimum Gasteiger partial charge on any atom is -0.493 e. The van der Waals surface area contributed by atoms with Gasteiger partial charge in [0.05, 0.1) is 12.7 Å². The fraction of sp³-hybridized carbons (Fsp3) is 0.533. The van der Waals surface area contributed by atoms with E-state index in [4.69, 9.17) is 27.4 Å². The Balaban J connectivity index is 1.81. The number of benzene rings is 1. The van der Waals surface area contributed by atoms with Gasteiger partial charge in [0.2, 0.25) is 0 Å². The molecule has 1 aliphatic rings. The minimum atomic E-state index is 0.407. The van der Waals surface area contributed by atoms with Crippen LogP contribution in [0.5, 0.6) is 5.75 Å². The zero-order valence-electron chi connectivity index (χ0n) is 11.4. The molecule has 3 nitrogen and oxygen atoms in total. The molecule has 0 aromatic heterocycles. The van der Waals surface area contributed by atoms with Crippen molar-refractivity contribution in [2.45, 2.75) is 38.7 Å². The summed E-state index contributed by atoms with van der Waals surface area (Å²) in [6.45, 7) is 3.65. The van der Waals surface area contributed by atoms with Crippen molar-refractivity contribution in [2.75, 3.05) is 13.2 Å². The first-order valence-electron chi connectivity index (χ1n) is 6.81. The highest BCUT2D eigenvalue weighted by molar-refractivity contribution is 7.80. The molecule has 1 aromatic carbocycles. The fourth-order valence-corrected chi connectivity index (χ4v) is 2.40.